The highest BCUT2D eigenvalue weighted by Gasteiger charge is 2.18. The van der Waals surface area contributed by atoms with Crippen LogP contribution in [0.1, 0.15) is 17.5 Å². The molecule has 1 amide bonds. The van der Waals surface area contributed by atoms with Crippen molar-refractivity contribution >= 4 is 23.1 Å². The number of hydrogen-bond acceptors (Lipinski definition) is 5. The van der Waals surface area contributed by atoms with E-state index in [1.807, 2.05) is 17.6 Å². The summed E-state index contributed by atoms with van der Waals surface area (Å²) in [5.74, 6) is 1.10. The Morgan fingerprint density at radius 1 is 1.29 bits per heavy atom. The van der Waals surface area contributed by atoms with E-state index in [2.05, 4.69) is 44.7 Å². The summed E-state index contributed by atoms with van der Waals surface area (Å²) >= 11 is 1.67. The number of hydrogen-bond donors (Lipinski definition) is 1. The Balaban J connectivity index is 1.54. The second-order valence-corrected chi connectivity index (χ2v) is 6.96. The van der Waals surface area contributed by atoms with Crippen molar-refractivity contribution in [2.24, 2.45) is 0 Å². The minimum Gasteiger partial charge on any atom is -0.354 e. The van der Waals surface area contributed by atoms with Gasteiger partial charge in [0.05, 0.1) is 0 Å². The Labute approximate surface area is 147 Å². The van der Waals surface area contributed by atoms with Gasteiger partial charge >= 0.3 is 0 Å². The van der Waals surface area contributed by atoms with Crippen molar-refractivity contribution in [2.75, 3.05) is 38.1 Å². The molecule has 0 aromatic carbocycles. The smallest absolute Gasteiger partial charge is 0.220 e. The highest BCUT2D eigenvalue weighted by molar-refractivity contribution is 7.07. The van der Waals surface area contributed by atoms with Crippen molar-refractivity contribution in [1.29, 1.82) is 0 Å². The fourth-order valence-corrected chi connectivity index (χ4v) is 3.55. The molecule has 1 N–H and O–H groups in total. The number of nitrogens with zero attached hydrogens (tertiary/aromatic N) is 3. The first kappa shape index (κ1) is 16.9. The van der Waals surface area contributed by atoms with Gasteiger partial charge in [0.15, 0.2) is 0 Å². The van der Waals surface area contributed by atoms with E-state index in [4.69, 9.17) is 0 Å². The molecule has 5 nitrogen and oxygen atoms in total. The van der Waals surface area contributed by atoms with Gasteiger partial charge in [-0.25, -0.2) is 4.98 Å². The minimum atomic E-state index is 0.0920. The molecule has 0 unspecified atom stereocenters. The number of anilines is 1. The highest BCUT2D eigenvalue weighted by Crippen LogP contribution is 2.18. The molecule has 1 saturated heterocycles. The van der Waals surface area contributed by atoms with Gasteiger partial charge in [0.25, 0.3) is 0 Å². The molecule has 0 atom stereocenters. The number of amides is 1. The van der Waals surface area contributed by atoms with E-state index in [-0.39, 0.29) is 5.91 Å². The average molecular weight is 344 g/mol. The summed E-state index contributed by atoms with van der Waals surface area (Å²) in [5, 5.41) is 7.18. The first-order valence-electron chi connectivity index (χ1n) is 8.37. The second kappa shape index (κ2) is 8.26. The number of carbonyl (C=O) groups excluding carboxylic acids is 1. The summed E-state index contributed by atoms with van der Waals surface area (Å²) in [5.41, 5.74) is 2.32. The molecule has 6 heteroatoms. The summed E-state index contributed by atoms with van der Waals surface area (Å²) in [7, 11) is 2.14. The van der Waals surface area contributed by atoms with Gasteiger partial charge in [-0.1, -0.05) is 6.07 Å². The fraction of sp³-hybridized carbons (Fsp3) is 0.444. The third-order valence-electron chi connectivity index (χ3n) is 4.37. The van der Waals surface area contributed by atoms with E-state index < -0.39 is 0 Å². The molecular weight excluding hydrogens is 320 g/mol. The first-order chi connectivity index (χ1) is 11.7. The van der Waals surface area contributed by atoms with E-state index in [1.54, 1.807) is 11.3 Å². The lowest BCUT2D eigenvalue weighted by Crippen LogP contribution is -2.45. The molecule has 1 fully saturated rings. The van der Waals surface area contributed by atoms with Gasteiger partial charge in [0.2, 0.25) is 5.91 Å². The van der Waals surface area contributed by atoms with Crippen LogP contribution in [0.3, 0.4) is 0 Å². The van der Waals surface area contributed by atoms with Crippen molar-refractivity contribution in [3.8, 4) is 0 Å². The lowest BCUT2D eigenvalue weighted by atomic mass is 10.2. The van der Waals surface area contributed by atoms with Gasteiger partial charge in [0.1, 0.15) is 5.82 Å². The molecule has 0 bridgehead atoms. The van der Waals surface area contributed by atoms with Gasteiger partial charge in [-0.05, 0) is 41.9 Å². The van der Waals surface area contributed by atoms with Gasteiger partial charge in [0, 0.05) is 50.9 Å². The topological polar surface area (TPSA) is 48.5 Å². The number of pyridine rings is 1. The first-order valence-corrected chi connectivity index (χ1v) is 9.32. The van der Waals surface area contributed by atoms with Crippen LogP contribution in [0.15, 0.2) is 35.2 Å². The second-order valence-electron chi connectivity index (χ2n) is 6.18. The molecule has 0 spiro atoms. The summed E-state index contributed by atoms with van der Waals surface area (Å²) in [6.45, 7) is 4.59. The summed E-state index contributed by atoms with van der Waals surface area (Å²) < 4.78 is 0. The third kappa shape index (κ3) is 4.55. The van der Waals surface area contributed by atoms with Gasteiger partial charge in [-0.15, -0.1) is 0 Å². The maximum absolute atomic E-state index is 12.1. The number of aromatic nitrogens is 1. The Bertz CT molecular complexity index is 651. The number of likely N-dealkylation sites (N-methyl/N-ethyl adjacent to an activating group) is 1. The molecule has 2 aromatic rings. The number of carbonyl (C=O) groups is 1. The number of piperazine rings is 1. The van der Waals surface area contributed by atoms with Crippen LogP contribution in [-0.4, -0.2) is 49.0 Å². The van der Waals surface area contributed by atoms with Crippen LogP contribution in [0.2, 0.25) is 0 Å². The van der Waals surface area contributed by atoms with Crippen molar-refractivity contribution in [1.82, 2.24) is 15.2 Å². The largest absolute Gasteiger partial charge is 0.354 e. The predicted octanol–water partition coefficient (Wildman–Crippen LogP) is 2.14. The molecule has 24 heavy (non-hydrogen) atoms. The van der Waals surface area contributed by atoms with E-state index in [0.717, 1.165) is 44.0 Å². The predicted molar refractivity (Wildman–Crippen MR) is 98.4 cm³/mol. The molecule has 3 heterocycles. The van der Waals surface area contributed by atoms with Crippen LogP contribution in [0, 0.1) is 0 Å². The maximum Gasteiger partial charge on any atom is 0.220 e. The molecule has 2 aromatic heterocycles. The van der Waals surface area contributed by atoms with E-state index in [1.165, 1.54) is 5.56 Å². The Kier molecular flexibility index (Phi) is 5.82. The van der Waals surface area contributed by atoms with Crippen LogP contribution in [0.5, 0.6) is 0 Å². The van der Waals surface area contributed by atoms with Crippen LogP contribution >= 0.6 is 11.3 Å². The van der Waals surface area contributed by atoms with Crippen LogP contribution in [-0.2, 0) is 17.8 Å². The number of aryl methyl sites for hydroxylation is 1. The summed E-state index contributed by atoms with van der Waals surface area (Å²) in [6, 6.07) is 6.07. The Hall–Kier alpha value is -1.92. The number of rotatable bonds is 6. The maximum atomic E-state index is 12.1. The zero-order valence-corrected chi connectivity index (χ0v) is 14.9. The standard InChI is InChI=1S/C18H24N4OS/c1-21-8-10-22(11-9-21)18-16(3-2-7-19-18)13-20-17(23)5-4-15-6-12-24-14-15/h2-3,6-7,12,14H,4-5,8-11,13H2,1H3,(H,20,23). The van der Waals surface area contributed by atoms with Crippen LogP contribution in [0.25, 0.3) is 0 Å². The molecule has 1 aliphatic rings. The van der Waals surface area contributed by atoms with Crippen molar-refractivity contribution in [3.63, 3.8) is 0 Å². The molecule has 1 aliphatic heterocycles. The third-order valence-corrected chi connectivity index (χ3v) is 5.10. The van der Waals surface area contributed by atoms with Crippen LogP contribution in [0.4, 0.5) is 5.82 Å². The fourth-order valence-electron chi connectivity index (χ4n) is 2.85. The SMILES string of the molecule is CN1CCN(c2ncccc2CNC(=O)CCc2ccsc2)CC1. The Morgan fingerprint density at radius 2 is 2.12 bits per heavy atom. The van der Waals surface area contributed by atoms with E-state index in [9.17, 15) is 4.79 Å². The van der Waals surface area contributed by atoms with Gasteiger partial charge < -0.3 is 15.1 Å². The number of nitrogens with one attached hydrogen (secondary N) is 1. The molecule has 0 radical (unpaired) electrons. The molecule has 128 valence electrons. The molecular formula is C18H24N4OS. The van der Waals surface area contributed by atoms with Crippen molar-refractivity contribution < 1.29 is 4.79 Å². The van der Waals surface area contributed by atoms with Crippen molar-refractivity contribution in [2.45, 2.75) is 19.4 Å². The lowest BCUT2D eigenvalue weighted by Gasteiger charge is -2.34. The monoisotopic (exact) mass is 344 g/mol. The normalized spacial score (nSPS) is 15.5. The quantitative estimate of drug-likeness (QED) is 0.872. The van der Waals surface area contributed by atoms with E-state index >= 15 is 0 Å². The number of thiophene rings is 1. The molecule has 3 rings (SSSR count). The average Bonchev–Trinajstić information content (AvgIpc) is 3.13. The van der Waals surface area contributed by atoms with Gasteiger partial charge in [-0.3, -0.25) is 4.79 Å². The molecule has 0 saturated carbocycles. The zero-order valence-electron chi connectivity index (χ0n) is 14.1. The highest BCUT2D eigenvalue weighted by atomic mass is 32.1. The molecule has 0 aliphatic carbocycles. The minimum absolute atomic E-state index is 0.0920. The zero-order chi connectivity index (χ0) is 16.8. The summed E-state index contributed by atoms with van der Waals surface area (Å²) in [4.78, 5) is 21.3. The van der Waals surface area contributed by atoms with E-state index in [0.29, 0.717) is 13.0 Å². The van der Waals surface area contributed by atoms with Crippen LogP contribution < -0.4 is 10.2 Å². The van der Waals surface area contributed by atoms with Crippen molar-refractivity contribution in [3.05, 3.63) is 46.3 Å². The Morgan fingerprint density at radius 3 is 2.88 bits per heavy atom. The summed E-state index contributed by atoms with van der Waals surface area (Å²) in [6.07, 6.45) is 3.16. The lowest BCUT2D eigenvalue weighted by molar-refractivity contribution is -0.121. The van der Waals surface area contributed by atoms with Gasteiger partial charge in [-0.2, -0.15) is 11.3 Å².